The fourth-order valence-corrected chi connectivity index (χ4v) is 4.45. The first-order valence-electron chi connectivity index (χ1n) is 11.2. The molecule has 1 saturated carbocycles. The third-order valence-corrected chi connectivity index (χ3v) is 6.32. The molecule has 158 valence electrons. The highest BCUT2D eigenvalue weighted by Crippen LogP contribution is 2.31. The highest BCUT2D eigenvalue weighted by molar-refractivity contribution is 5.87. The number of carbonyl (C=O) groups excluding carboxylic acids is 1. The first-order chi connectivity index (χ1) is 14.8. The average Bonchev–Trinajstić information content (AvgIpc) is 2.83. The van der Waals surface area contributed by atoms with E-state index in [1.165, 1.54) is 11.3 Å². The molecule has 2 aromatic rings. The molecule has 1 amide bonds. The summed E-state index contributed by atoms with van der Waals surface area (Å²) in [5.74, 6) is 0.647. The molecule has 0 spiro atoms. The third-order valence-electron chi connectivity index (χ3n) is 6.32. The fraction of sp³-hybridized carbons (Fsp3) is 0.440. The molecule has 2 aliphatic rings. The van der Waals surface area contributed by atoms with Crippen molar-refractivity contribution in [2.75, 3.05) is 37.6 Å². The predicted molar refractivity (Wildman–Crippen MR) is 123 cm³/mol. The molecule has 5 heteroatoms. The standard InChI is InChI=1S/C25H32N4O/c30-25(15-16-28-17-19-29(20-18-28)24-9-5-2-6-10-24)27-26-23-13-11-22(12-14-23)21-7-3-1-4-8-21/h1-10,22H,11-20H2,(H,27,30). The van der Waals surface area contributed by atoms with Crippen LogP contribution in [0, 0.1) is 0 Å². The van der Waals surface area contributed by atoms with E-state index in [1.54, 1.807) is 0 Å². The van der Waals surface area contributed by atoms with E-state index in [2.05, 4.69) is 81.0 Å². The van der Waals surface area contributed by atoms with Gasteiger partial charge in [0.05, 0.1) is 0 Å². The van der Waals surface area contributed by atoms with Crippen LogP contribution in [-0.2, 0) is 4.79 Å². The van der Waals surface area contributed by atoms with Gasteiger partial charge in [-0.1, -0.05) is 48.5 Å². The minimum atomic E-state index is 0.0261. The van der Waals surface area contributed by atoms with E-state index >= 15 is 0 Å². The predicted octanol–water partition coefficient (Wildman–Crippen LogP) is 4.03. The van der Waals surface area contributed by atoms with E-state index in [1.807, 2.05) is 0 Å². The second-order valence-corrected chi connectivity index (χ2v) is 8.31. The maximum Gasteiger partial charge on any atom is 0.241 e. The van der Waals surface area contributed by atoms with E-state index < -0.39 is 0 Å². The van der Waals surface area contributed by atoms with Crippen LogP contribution in [0.1, 0.15) is 43.6 Å². The summed E-state index contributed by atoms with van der Waals surface area (Å²) in [6, 6.07) is 21.3. The maximum absolute atomic E-state index is 12.2. The first-order valence-corrected chi connectivity index (χ1v) is 11.2. The number of nitrogens with one attached hydrogen (secondary N) is 1. The Balaban J connectivity index is 1.14. The Labute approximate surface area is 179 Å². The van der Waals surface area contributed by atoms with Crippen molar-refractivity contribution in [1.29, 1.82) is 0 Å². The molecule has 0 atom stereocenters. The van der Waals surface area contributed by atoms with Crippen molar-refractivity contribution >= 4 is 17.3 Å². The Morgan fingerprint density at radius 3 is 2.20 bits per heavy atom. The van der Waals surface area contributed by atoms with Gasteiger partial charge in [-0.3, -0.25) is 9.69 Å². The number of hydrogen-bond acceptors (Lipinski definition) is 4. The molecule has 1 aliphatic heterocycles. The average molecular weight is 405 g/mol. The van der Waals surface area contributed by atoms with E-state index in [-0.39, 0.29) is 5.91 Å². The van der Waals surface area contributed by atoms with Crippen molar-refractivity contribution in [1.82, 2.24) is 10.3 Å². The molecule has 0 aromatic heterocycles. The van der Waals surface area contributed by atoms with E-state index in [4.69, 9.17) is 0 Å². The highest BCUT2D eigenvalue weighted by Gasteiger charge is 2.20. The number of nitrogens with zero attached hydrogens (tertiary/aromatic N) is 3. The number of benzene rings is 2. The van der Waals surface area contributed by atoms with Gasteiger partial charge in [-0.25, -0.2) is 5.43 Å². The van der Waals surface area contributed by atoms with Crippen LogP contribution < -0.4 is 10.3 Å². The number of hydrazone groups is 1. The summed E-state index contributed by atoms with van der Waals surface area (Å²) in [6.45, 7) is 4.82. The summed E-state index contributed by atoms with van der Waals surface area (Å²) in [6.07, 6.45) is 4.69. The SMILES string of the molecule is O=C(CCN1CCN(c2ccccc2)CC1)NN=C1CCC(c2ccccc2)CC1. The van der Waals surface area contributed by atoms with Crippen LogP contribution in [0.25, 0.3) is 0 Å². The van der Waals surface area contributed by atoms with Crippen LogP contribution in [-0.4, -0.2) is 49.2 Å². The number of carbonyl (C=O) groups is 1. The number of piperazine rings is 1. The van der Waals surface area contributed by atoms with Gasteiger partial charge < -0.3 is 4.90 Å². The number of amides is 1. The van der Waals surface area contributed by atoms with Gasteiger partial charge in [0.2, 0.25) is 5.91 Å². The van der Waals surface area contributed by atoms with Gasteiger partial charge >= 0.3 is 0 Å². The molecule has 1 aliphatic carbocycles. The van der Waals surface area contributed by atoms with Gasteiger partial charge in [0.15, 0.2) is 0 Å². The monoisotopic (exact) mass is 404 g/mol. The van der Waals surface area contributed by atoms with Crippen molar-refractivity contribution in [3.05, 3.63) is 66.2 Å². The van der Waals surface area contributed by atoms with Gasteiger partial charge in [0.1, 0.15) is 0 Å². The quantitative estimate of drug-likeness (QED) is 0.740. The van der Waals surface area contributed by atoms with Gasteiger partial charge in [0.25, 0.3) is 0 Å². The second-order valence-electron chi connectivity index (χ2n) is 8.31. The smallest absolute Gasteiger partial charge is 0.241 e. The Hall–Kier alpha value is -2.66. The highest BCUT2D eigenvalue weighted by atomic mass is 16.2. The van der Waals surface area contributed by atoms with Crippen LogP contribution >= 0.6 is 0 Å². The molecule has 30 heavy (non-hydrogen) atoms. The topological polar surface area (TPSA) is 47.9 Å². The Bertz CT molecular complexity index is 819. The van der Waals surface area contributed by atoms with Gasteiger partial charge in [0, 0.05) is 50.5 Å². The lowest BCUT2D eigenvalue weighted by Gasteiger charge is -2.36. The van der Waals surface area contributed by atoms with E-state index in [0.29, 0.717) is 12.3 Å². The number of rotatable bonds is 6. The van der Waals surface area contributed by atoms with Crippen molar-refractivity contribution < 1.29 is 4.79 Å². The Kier molecular flexibility index (Phi) is 7.14. The Morgan fingerprint density at radius 2 is 1.53 bits per heavy atom. The molecule has 1 saturated heterocycles. The lowest BCUT2D eigenvalue weighted by atomic mass is 9.83. The summed E-state index contributed by atoms with van der Waals surface area (Å²) in [7, 11) is 0. The van der Waals surface area contributed by atoms with E-state index in [9.17, 15) is 4.79 Å². The fourth-order valence-electron chi connectivity index (χ4n) is 4.45. The summed E-state index contributed by atoms with van der Waals surface area (Å²) in [5.41, 5.74) is 6.63. The molecular weight excluding hydrogens is 372 g/mol. The number of anilines is 1. The maximum atomic E-state index is 12.2. The number of para-hydroxylation sites is 1. The summed E-state index contributed by atoms with van der Waals surface area (Å²) < 4.78 is 0. The molecule has 2 fully saturated rings. The zero-order valence-corrected chi connectivity index (χ0v) is 17.7. The molecule has 1 N–H and O–H groups in total. The molecule has 0 radical (unpaired) electrons. The van der Waals surface area contributed by atoms with Crippen LogP contribution in [0.5, 0.6) is 0 Å². The van der Waals surface area contributed by atoms with Crippen LogP contribution in [0.4, 0.5) is 5.69 Å². The molecule has 2 aromatic carbocycles. The van der Waals surface area contributed by atoms with Crippen molar-refractivity contribution in [3.8, 4) is 0 Å². The second kappa shape index (κ2) is 10.4. The van der Waals surface area contributed by atoms with Gasteiger partial charge in [-0.05, 0) is 49.3 Å². The van der Waals surface area contributed by atoms with Gasteiger partial charge in [-0.15, -0.1) is 0 Å². The molecular formula is C25H32N4O. The normalized spacial score (nSPS) is 20.1. The summed E-state index contributed by atoms with van der Waals surface area (Å²) in [5, 5.41) is 4.42. The van der Waals surface area contributed by atoms with Crippen LogP contribution in [0.15, 0.2) is 65.8 Å². The minimum Gasteiger partial charge on any atom is -0.369 e. The number of hydrogen-bond donors (Lipinski definition) is 1. The zero-order chi connectivity index (χ0) is 20.6. The Morgan fingerprint density at radius 1 is 0.900 bits per heavy atom. The lowest BCUT2D eigenvalue weighted by molar-refractivity contribution is -0.121. The van der Waals surface area contributed by atoms with Crippen molar-refractivity contribution in [3.63, 3.8) is 0 Å². The van der Waals surface area contributed by atoms with Gasteiger partial charge in [-0.2, -0.15) is 5.10 Å². The van der Waals surface area contributed by atoms with Crippen molar-refractivity contribution in [2.45, 2.75) is 38.0 Å². The zero-order valence-electron chi connectivity index (χ0n) is 17.7. The van der Waals surface area contributed by atoms with Crippen LogP contribution in [0.3, 0.4) is 0 Å². The summed E-state index contributed by atoms with van der Waals surface area (Å²) in [4.78, 5) is 17.0. The third kappa shape index (κ3) is 5.70. The van der Waals surface area contributed by atoms with Crippen LogP contribution in [0.2, 0.25) is 0 Å². The molecule has 1 heterocycles. The minimum absolute atomic E-state index is 0.0261. The molecule has 0 unspecified atom stereocenters. The molecule has 0 bridgehead atoms. The van der Waals surface area contributed by atoms with E-state index in [0.717, 1.165) is 64.1 Å². The largest absolute Gasteiger partial charge is 0.369 e. The van der Waals surface area contributed by atoms with Crippen molar-refractivity contribution in [2.24, 2.45) is 5.10 Å². The molecule has 4 rings (SSSR count). The lowest BCUT2D eigenvalue weighted by Crippen LogP contribution is -2.47. The summed E-state index contributed by atoms with van der Waals surface area (Å²) >= 11 is 0. The first kappa shape index (κ1) is 20.6. The molecule has 5 nitrogen and oxygen atoms in total.